The van der Waals surface area contributed by atoms with Crippen molar-refractivity contribution in [2.24, 2.45) is 0 Å². The lowest BCUT2D eigenvalue weighted by atomic mass is 9.98. The Morgan fingerprint density at radius 1 is 1.08 bits per heavy atom. The van der Waals surface area contributed by atoms with E-state index in [2.05, 4.69) is 44.5 Å². The number of rotatable bonds is 1. The van der Waals surface area contributed by atoms with Crippen molar-refractivity contribution in [3.8, 4) is 11.3 Å². The molecule has 0 amide bonds. The molecule has 1 unspecified atom stereocenters. The third kappa shape index (κ3) is 2.14. The number of hydrogen-bond acceptors (Lipinski definition) is 3. The summed E-state index contributed by atoms with van der Waals surface area (Å²) in [6.07, 6.45) is 3.62. The van der Waals surface area contributed by atoms with Gasteiger partial charge in [0.25, 0.3) is 0 Å². The largest absolute Gasteiger partial charge is 0.374 e. The van der Waals surface area contributed by atoms with Gasteiger partial charge in [-0.15, -0.1) is 0 Å². The quantitative estimate of drug-likeness (QED) is 0.504. The van der Waals surface area contributed by atoms with Crippen LogP contribution in [-0.2, 0) is 0 Å². The maximum absolute atomic E-state index is 6.39. The number of hydrogen-bond donors (Lipinski definition) is 2. The van der Waals surface area contributed by atoms with E-state index in [1.165, 1.54) is 0 Å². The average Bonchev–Trinajstić information content (AvgIpc) is 3.00. The maximum atomic E-state index is 6.39. The van der Waals surface area contributed by atoms with Gasteiger partial charge in [-0.1, -0.05) is 41.9 Å². The van der Waals surface area contributed by atoms with Crippen LogP contribution in [0.5, 0.6) is 0 Å². The lowest BCUT2D eigenvalue weighted by Crippen LogP contribution is -2.11. The molecule has 2 aromatic heterocycles. The van der Waals surface area contributed by atoms with Crippen molar-refractivity contribution < 1.29 is 0 Å². The van der Waals surface area contributed by atoms with Gasteiger partial charge in [0.15, 0.2) is 0 Å². The number of nitrogens with one attached hydrogen (secondary N) is 2. The molecule has 0 spiro atoms. The predicted molar refractivity (Wildman–Crippen MR) is 101 cm³/mol. The van der Waals surface area contributed by atoms with Crippen molar-refractivity contribution in [2.75, 3.05) is 5.32 Å². The van der Waals surface area contributed by atoms with Gasteiger partial charge in [-0.3, -0.25) is 0 Å². The fourth-order valence-electron chi connectivity index (χ4n) is 3.52. The molecule has 5 rings (SSSR count). The van der Waals surface area contributed by atoms with Gasteiger partial charge in [-0.05, 0) is 30.2 Å². The van der Waals surface area contributed by atoms with Gasteiger partial charge in [-0.2, -0.15) is 0 Å². The molecule has 0 saturated heterocycles. The number of aromatic amines is 1. The van der Waals surface area contributed by atoms with Crippen LogP contribution < -0.4 is 5.32 Å². The first-order chi connectivity index (χ1) is 12.2. The lowest BCUT2D eigenvalue weighted by molar-refractivity contribution is 0.952. The molecule has 1 aliphatic rings. The number of anilines is 1. The number of aromatic nitrogens is 3. The highest BCUT2D eigenvalue weighted by Gasteiger charge is 2.26. The summed E-state index contributed by atoms with van der Waals surface area (Å²) in [5.41, 5.74) is 7.25. The normalized spacial score (nSPS) is 15.5. The van der Waals surface area contributed by atoms with Crippen LogP contribution in [-0.4, -0.2) is 15.0 Å². The predicted octanol–water partition coefficient (Wildman–Crippen LogP) is 5.10. The second kappa shape index (κ2) is 5.33. The highest BCUT2D eigenvalue weighted by molar-refractivity contribution is 6.31. The van der Waals surface area contributed by atoms with Crippen molar-refractivity contribution in [3.63, 3.8) is 0 Å². The van der Waals surface area contributed by atoms with Crippen molar-refractivity contribution in [2.45, 2.75) is 13.0 Å². The highest BCUT2D eigenvalue weighted by Crippen LogP contribution is 2.42. The molecule has 2 N–H and O–H groups in total. The van der Waals surface area contributed by atoms with Gasteiger partial charge in [-0.25, -0.2) is 9.97 Å². The van der Waals surface area contributed by atoms with E-state index in [0.717, 1.165) is 49.7 Å². The number of halogens is 1. The Morgan fingerprint density at radius 2 is 1.96 bits per heavy atom. The summed E-state index contributed by atoms with van der Waals surface area (Å²) in [5.74, 6) is 0. The smallest absolute Gasteiger partial charge is 0.141 e. The van der Waals surface area contributed by atoms with Crippen LogP contribution in [0.2, 0.25) is 5.02 Å². The molecule has 122 valence electrons. The summed E-state index contributed by atoms with van der Waals surface area (Å²) in [5, 5.41) is 5.50. The summed E-state index contributed by atoms with van der Waals surface area (Å²) < 4.78 is 0. The monoisotopic (exact) mass is 346 g/mol. The number of benzene rings is 2. The number of nitrogens with zero attached hydrogens (tertiary/aromatic N) is 2. The van der Waals surface area contributed by atoms with Crippen LogP contribution in [0.15, 0.2) is 55.0 Å². The molecule has 25 heavy (non-hydrogen) atoms. The zero-order chi connectivity index (χ0) is 17.0. The molecule has 0 radical (unpaired) electrons. The van der Waals surface area contributed by atoms with Crippen LogP contribution in [0.4, 0.5) is 5.69 Å². The van der Waals surface area contributed by atoms with Crippen LogP contribution in [0.3, 0.4) is 0 Å². The molecule has 0 saturated carbocycles. The molecule has 4 nitrogen and oxygen atoms in total. The fraction of sp³-hybridized carbons (Fsp3) is 0.100. The van der Waals surface area contributed by atoms with Gasteiger partial charge >= 0.3 is 0 Å². The second-order valence-electron chi connectivity index (χ2n) is 6.32. The van der Waals surface area contributed by atoms with Crippen LogP contribution in [0, 0.1) is 6.92 Å². The fourth-order valence-corrected chi connectivity index (χ4v) is 3.71. The molecule has 1 atom stereocenters. The van der Waals surface area contributed by atoms with Crippen LogP contribution in [0.1, 0.15) is 22.7 Å². The zero-order valence-electron chi connectivity index (χ0n) is 13.5. The molecule has 3 heterocycles. The Kier molecular flexibility index (Phi) is 3.09. The van der Waals surface area contributed by atoms with E-state index in [1.807, 2.05) is 31.3 Å². The molecule has 4 aromatic rings. The summed E-state index contributed by atoms with van der Waals surface area (Å²) in [7, 11) is 0. The third-order valence-electron chi connectivity index (χ3n) is 4.82. The Hall–Kier alpha value is -2.85. The van der Waals surface area contributed by atoms with Crippen molar-refractivity contribution in [3.05, 3.63) is 76.7 Å². The topological polar surface area (TPSA) is 53.6 Å². The lowest BCUT2D eigenvalue weighted by Gasteiger charge is -2.20. The number of aryl methyl sites for hydroxylation is 1. The first kappa shape index (κ1) is 14.5. The molecule has 0 aliphatic carbocycles. The highest BCUT2D eigenvalue weighted by atomic mass is 35.5. The van der Waals surface area contributed by atoms with Gasteiger partial charge in [0, 0.05) is 28.0 Å². The van der Waals surface area contributed by atoms with E-state index in [0.29, 0.717) is 0 Å². The Bertz CT molecular complexity index is 1120. The van der Waals surface area contributed by atoms with Gasteiger partial charge in [0.2, 0.25) is 0 Å². The summed E-state index contributed by atoms with van der Waals surface area (Å²) >= 11 is 6.39. The van der Waals surface area contributed by atoms with Gasteiger partial charge in [0.1, 0.15) is 12.0 Å². The maximum Gasteiger partial charge on any atom is 0.141 e. The zero-order valence-corrected chi connectivity index (χ0v) is 14.3. The molecule has 1 aliphatic heterocycles. The molecular formula is C20H15ClN4. The van der Waals surface area contributed by atoms with Gasteiger partial charge < -0.3 is 10.3 Å². The summed E-state index contributed by atoms with van der Waals surface area (Å²) in [6.45, 7) is 2.01. The first-order valence-electron chi connectivity index (χ1n) is 8.16. The SMILES string of the molecule is Cc1ccc(C2Nc3ccccc3-c3ncnc4[nH]cc2c34)cc1Cl. The molecular weight excluding hydrogens is 332 g/mol. The average molecular weight is 347 g/mol. The summed E-state index contributed by atoms with van der Waals surface area (Å²) in [6, 6.07) is 14.4. The summed E-state index contributed by atoms with van der Waals surface area (Å²) in [4.78, 5) is 12.3. The van der Waals surface area contributed by atoms with Crippen molar-refractivity contribution >= 4 is 28.3 Å². The van der Waals surface area contributed by atoms with E-state index < -0.39 is 0 Å². The Labute approximate surface area is 149 Å². The molecule has 0 fully saturated rings. The van der Waals surface area contributed by atoms with E-state index in [4.69, 9.17) is 11.6 Å². The van der Waals surface area contributed by atoms with Crippen molar-refractivity contribution in [1.82, 2.24) is 15.0 Å². The second-order valence-corrected chi connectivity index (χ2v) is 6.73. The number of para-hydroxylation sites is 1. The van der Waals surface area contributed by atoms with Gasteiger partial charge in [0.05, 0.1) is 17.1 Å². The molecule has 2 aromatic carbocycles. The van der Waals surface area contributed by atoms with E-state index in [9.17, 15) is 0 Å². The number of fused-ring (bicyclic) bond motifs is 2. The van der Waals surface area contributed by atoms with E-state index >= 15 is 0 Å². The minimum absolute atomic E-state index is 0.0275. The standard InChI is InChI=1S/C20H15ClN4/c1-11-6-7-12(8-15(11)21)18-14-9-22-20-17(14)19(23-10-24-20)13-4-2-3-5-16(13)25-18/h2-10,18,25H,1H3,(H,22,23,24). The third-order valence-corrected chi connectivity index (χ3v) is 5.23. The molecule has 5 heteroatoms. The van der Waals surface area contributed by atoms with Crippen LogP contribution >= 0.6 is 11.6 Å². The minimum atomic E-state index is -0.0275. The molecule has 0 bridgehead atoms. The first-order valence-corrected chi connectivity index (χ1v) is 8.54. The minimum Gasteiger partial charge on any atom is -0.374 e. The Balaban J connectivity index is 1.83. The van der Waals surface area contributed by atoms with E-state index in [-0.39, 0.29) is 6.04 Å². The van der Waals surface area contributed by atoms with E-state index in [1.54, 1.807) is 6.33 Å². The van der Waals surface area contributed by atoms with Crippen molar-refractivity contribution in [1.29, 1.82) is 0 Å². The Morgan fingerprint density at radius 3 is 2.84 bits per heavy atom. The number of H-pyrrole nitrogens is 1. The van der Waals surface area contributed by atoms with Crippen LogP contribution in [0.25, 0.3) is 22.3 Å².